The summed E-state index contributed by atoms with van der Waals surface area (Å²) in [5.41, 5.74) is 2.27. The molecule has 1 N–H and O–H groups in total. The minimum Gasteiger partial charge on any atom is -0.322 e. The number of anilines is 1. The van der Waals surface area contributed by atoms with Crippen molar-refractivity contribution in [3.05, 3.63) is 59.7 Å². The van der Waals surface area contributed by atoms with Gasteiger partial charge in [0.05, 0.1) is 4.90 Å². The van der Waals surface area contributed by atoms with Gasteiger partial charge in [-0.3, -0.25) is 4.79 Å². The molecule has 2 bridgehead atoms. The topological polar surface area (TPSA) is 66.5 Å². The first-order valence-corrected chi connectivity index (χ1v) is 11.9. The van der Waals surface area contributed by atoms with Crippen LogP contribution in [-0.4, -0.2) is 31.2 Å². The van der Waals surface area contributed by atoms with Crippen molar-refractivity contribution in [1.29, 1.82) is 0 Å². The van der Waals surface area contributed by atoms with Gasteiger partial charge in [0.15, 0.2) is 0 Å². The van der Waals surface area contributed by atoms with Crippen LogP contribution in [0.3, 0.4) is 0 Å². The third-order valence-corrected chi connectivity index (χ3v) is 8.27. The molecule has 6 heteroatoms. The van der Waals surface area contributed by atoms with E-state index in [0.717, 1.165) is 24.8 Å². The molecular formula is C24H30N2O3S. The quantitative estimate of drug-likeness (QED) is 0.761. The molecule has 4 rings (SSSR count). The molecule has 0 aromatic heterocycles. The van der Waals surface area contributed by atoms with Crippen LogP contribution in [0.2, 0.25) is 0 Å². The molecule has 5 nitrogen and oxygen atoms in total. The fraction of sp³-hybridized carbons (Fsp3) is 0.458. The van der Waals surface area contributed by atoms with Crippen LogP contribution in [0.1, 0.15) is 56.0 Å². The van der Waals surface area contributed by atoms with Crippen LogP contribution >= 0.6 is 0 Å². The largest absolute Gasteiger partial charge is 0.322 e. The molecule has 30 heavy (non-hydrogen) atoms. The van der Waals surface area contributed by atoms with Crippen LogP contribution < -0.4 is 5.32 Å². The Hall–Kier alpha value is -2.18. The second kappa shape index (κ2) is 7.20. The zero-order valence-corrected chi connectivity index (χ0v) is 18.9. The number of carbonyl (C=O) groups excluding carboxylic acids is 1. The Labute approximate surface area is 179 Å². The van der Waals surface area contributed by atoms with E-state index >= 15 is 0 Å². The highest BCUT2D eigenvalue weighted by Gasteiger charge is 2.53. The van der Waals surface area contributed by atoms with Gasteiger partial charge in [0.1, 0.15) is 0 Å². The fourth-order valence-corrected chi connectivity index (χ4v) is 7.29. The van der Waals surface area contributed by atoms with E-state index in [1.807, 2.05) is 19.1 Å². The maximum absolute atomic E-state index is 13.5. The van der Waals surface area contributed by atoms with E-state index in [9.17, 15) is 13.2 Å². The van der Waals surface area contributed by atoms with Crippen LogP contribution in [0.5, 0.6) is 0 Å². The van der Waals surface area contributed by atoms with Crippen LogP contribution in [0.15, 0.2) is 53.4 Å². The van der Waals surface area contributed by atoms with Gasteiger partial charge in [0, 0.05) is 23.8 Å². The molecule has 1 amide bonds. The van der Waals surface area contributed by atoms with Gasteiger partial charge < -0.3 is 5.32 Å². The number of benzene rings is 2. The average Bonchev–Trinajstić information content (AvgIpc) is 2.92. The van der Waals surface area contributed by atoms with Crippen molar-refractivity contribution in [3.8, 4) is 0 Å². The van der Waals surface area contributed by atoms with Crippen molar-refractivity contribution in [1.82, 2.24) is 4.31 Å². The van der Waals surface area contributed by atoms with Crippen molar-refractivity contribution in [2.24, 2.45) is 10.8 Å². The Morgan fingerprint density at radius 2 is 1.77 bits per heavy atom. The Morgan fingerprint density at radius 1 is 1.07 bits per heavy atom. The second-order valence-electron chi connectivity index (χ2n) is 10.1. The van der Waals surface area contributed by atoms with Crippen molar-refractivity contribution in [2.75, 3.05) is 11.9 Å². The van der Waals surface area contributed by atoms with E-state index in [1.54, 1.807) is 40.7 Å². The highest BCUT2D eigenvalue weighted by Crippen LogP contribution is 2.53. The van der Waals surface area contributed by atoms with Gasteiger partial charge in [-0.05, 0) is 67.3 Å². The number of nitrogens with one attached hydrogen (secondary N) is 1. The Kier molecular flexibility index (Phi) is 5.06. The highest BCUT2D eigenvalue weighted by molar-refractivity contribution is 7.89. The maximum Gasteiger partial charge on any atom is 0.255 e. The van der Waals surface area contributed by atoms with Gasteiger partial charge in [-0.15, -0.1) is 0 Å². The number of hydrogen-bond donors (Lipinski definition) is 1. The number of carbonyl (C=O) groups is 1. The number of aryl methyl sites for hydroxylation is 1. The predicted molar refractivity (Wildman–Crippen MR) is 119 cm³/mol. The lowest BCUT2D eigenvalue weighted by atomic mass is 9.65. The Balaban J connectivity index is 1.57. The number of fused-ring (bicyclic) bond motifs is 2. The molecule has 1 saturated carbocycles. The minimum absolute atomic E-state index is 0.0246. The molecule has 2 aromatic carbocycles. The summed E-state index contributed by atoms with van der Waals surface area (Å²) < 4.78 is 28.7. The first-order valence-electron chi connectivity index (χ1n) is 10.5. The molecule has 0 unspecified atom stereocenters. The lowest BCUT2D eigenvalue weighted by Gasteiger charge is -2.39. The van der Waals surface area contributed by atoms with Crippen molar-refractivity contribution in [2.45, 2.75) is 57.9 Å². The molecule has 1 heterocycles. The van der Waals surface area contributed by atoms with Gasteiger partial charge in [-0.25, -0.2) is 8.42 Å². The summed E-state index contributed by atoms with van der Waals surface area (Å²) in [7, 11) is -3.63. The summed E-state index contributed by atoms with van der Waals surface area (Å²) in [4.78, 5) is 12.8. The summed E-state index contributed by atoms with van der Waals surface area (Å²) in [6, 6.07) is 13.9. The molecule has 0 spiro atoms. The maximum atomic E-state index is 13.5. The summed E-state index contributed by atoms with van der Waals surface area (Å²) >= 11 is 0. The molecule has 1 aliphatic carbocycles. The van der Waals surface area contributed by atoms with Gasteiger partial charge in [-0.2, -0.15) is 4.31 Å². The predicted octanol–water partition coefficient (Wildman–Crippen LogP) is 4.84. The van der Waals surface area contributed by atoms with Gasteiger partial charge in [0.25, 0.3) is 5.91 Å². The lowest BCUT2D eigenvalue weighted by Crippen LogP contribution is -2.37. The second-order valence-corrected chi connectivity index (χ2v) is 12.0. The van der Waals surface area contributed by atoms with Gasteiger partial charge >= 0.3 is 0 Å². The fourth-order valence-electron chi connectivity index (χ4n) is 5.47. The summed E-state index contributed by atoms with van der Waals surface area (Å²) in [6.07, 6.45) is 2.83. The standard InChI is InChI=1S/C24H30N2O3S/c1-17-8-10-18(11-9-17)22(27)25-19-6-5-7-21(12-19)30(28,29)26-16-24(4)14-20(26)13-23(2,3)15-24/h5-12,20H,13-16H2,1-4H3,(H,25,27)/t20-,24-/m0/s1. The Morgan fingerprint density at radius 3 is 2.47 bits per heavy atom. The van der Waals surface area contributed by atoms with E-state index in [0.29, 0.717) is 17.8 Å². The molecule has 2 fully saturated rings. The smallest absolute Gasteiger partial charge is 0.255 e. The molecule has 2 aromatic rings. The summed E-state index contributed by atoms with van der Waals surface area (Å²) in [5.74, 6) is -0.254. The van der Waals surface area contributed by atoms with E-state index in [-0.39, 0.29) is 27.7 Å². The number of hydrogen-bond acceptors (Lipinski definition) is 3. The van der Waals surface area contributed by atoms with Gasteiger partial charge in [-0.1, -0.05) is 44.5 Å². The molecular weight excluding hydrogens is 396 g/mol. The van der Waals surface area contributed by atoms with Crippen molar-refractivity contribution >= 4 is 21.6 Å². The van der Waals surface area contributed by atoms with Gasteiger partial charge in [0.2, 0.25) is 10.0 Å². The van der Waals surface area contributed by atoms with E-state index in [4.69, 9.17) is 0 Å². The molecule has 160 valence electrons. The third-order valence-electron chi connectivity index (χ3n) is 6.38. The zero-order valence-electron chi connectivity index (χ0n) is 18.1. The summed E-state index contributed by atoms with van der Waals surface area (Å²) in [5, 5.41) is 2.83. The first kappa shape index (κ1) is 21.1. The summed E-state index contributed by atoms with van der Waals surface area (Å²) in [6.45, 7) is 9.19. The lowest BCUT2D eigenvalue weighted by molar-refractivity contribution is 0.102. The van der Waals surface area contributed by atoms with Crippen molar-refractivity contribution in [3.63, 3.8) is 0 Å². The molecule has 2 atom stereocenters. The number of nitrogens with zero attached hydrogens (tertiary/aromatic N) is 1. The monoisotopic (exact) mass is 426 g/mol. The van der Waals surface area contributed by atoms with Crippen LogP contribution in [0.25, 0.3) is 0 Å². The number of sulfonamides is 1. The molecule has 1 aliphatic heterocycles. The van der Waals surface area contributed by atoms with Crippen LogP contribution in [0, 0.1) is 17.8 Å². The third kappa shape index (κ3) is 4.03. The SMILES string of the molecule is Cc1ccc(C(=O)Nc2cccc(S(=O)(=O)N3C[C@@]4(C)C[C@@H]3CC(C)(C)C4)c2)cc1. The normalized spacial score (nSPS) is 25.8. The number of amides is 1. The molecule has 2 aliphatic rings. The van der Waals surface area contributed by atoms with E-state index < -0.39 is 10.0 Å². The van der Waals surface area contributed by atoms with Crippen LogP contribution in [-0.2, 0) is 10.0 Å². The zero-order chi connectivity index (χ0) is 21.7. The van der Waals surface area contributed by atoms with E-state index in [1.165, 1.54) is 0 Å². The van der Waals surface area contributed by atoms with Crippen molar-refractivity contribution < 1.29 is 13.2 Å². The molecule has 1 saturated heterocycles. The minimum atomic E-state index is -3.63. The average molecular weight is 427 g/mol. The van der Waals surface area contributed by atoms with E-state index in [2.05, 4.69) is 26.1 Å². The highest BCUT2D eigenvalue weighted by atomic mass is 32.2. The molecule has 0 radical (unpaired) electrons. The van der Waals surface area contributed by atoms with Crippen LogP contribution in [0.4, 0.5) is 5.69 Å². The first-order chi connectivity index (χ1) is 14.0. The Bertz CT molecular complexity index is 1080. The number of rotatable bonds is 4.